The first-order valence-electron chi connectivity index (χ1n) is 7.83. The van der Waals surface area contributed by atoms with Crippen LogP contribution in [0.2, 0.25) is 0 Å². The Hall–Kier alpha value is -1.16. The minimum absolute atomic E-state index is 0.00428. The van der Waals surface area contributed by atoms with Gasteiger partial charge >= 0.3 is 0 Å². The van der Waals surface area contributed by atoms with E-state index in [1.807, 2.05) is 0 Å². The van der Waals surface area contributed by atoms with Gasteiger partial charge in [-0.1, -0.05) is 52.3 Å². The third-order valence-corrected chi connectivity index (χ3v) is 5.10. The van der Waals surface area contributed by atoms with E-state index in [-0.39, 0.29) is 5.54 Å². The molecule has 2 nitrogen and oxygen atoms in total. The number of rotatable bonds is 4. The summed E-state index contributed by atoms with van der Waals surface area (Å²) < 4.78 is 6.73. The molecule has 1 aliphatic rings. The van der Waals surface area contributed by atoms with Crippen LogP contribution in [0, 0.1) is 6.92 Å². The van der Waals surface area contributed by atoms with Crippen molar-refractivity contribution >= 4 is 15.9 Å². The molecular formula is C19H22BrNO. The quantitative estimate of drug-likeness (QED) is 0.864. The average molecular weight is 360 g/mol. The van der Waals surface area contributed by atoms with E-state index >= 15 is 0 Å². The fraction of sp³-hybridized carbons (Fsp3) is 0.368. The molecule has 1 saturated heterocycles. The van der Waals surface area contributed by atoms with Crippen molar-refractivity contribution in [2.45, 2.75) is 31.8 Å². The van der Waals surface area contributed by atoms with Gasteiger partial charge in [-0.2, -0.15) is 0 Å². The normalized spacial score (nSPS) is 17.4. The Kier molecular flexibility index (Phi) is 4.97. The molecule has 0 atom stereocenters. The molecule has 3 heteroatoms. The van der Waals surface area contributed by atoms with Gasteiger partial charge in [0.1, 0.15) is 0 Å². The fourth-order valence-corrected chi connectivity index (χ4v) is 3.55. The van der Waals surface area contributed by atoms with Crippen molar-refractivity contribution in [1.82, 2.24) is 5.32 Å². The zero-order valence-corrected chi connectivity index (χ0v) is 14.5. The lowest BCUT2D eigenvalue weighted by Gasteiger charge is -2.39. The highest BCUT2D eigenvalue weighted by Gasteiger charge is 2.34. The molecule has 0 saturated carbocycles. The fourth-order valence-electron chi connectivity index (χ4n) is 3.15. The lowest BCUT2D eigenvalue weighted by Crippen LogP contribution is -2.46. The maximum absolute atomic E-state index is 5.60. The van der Waals surface area contributed by atoms with Crippen LogP contribution < -0.4 is 5.32 Å². The summed E-state index contributed by atoms with van der Waals surface area (Å²) in [7, 11) is 0. The highest BCUT2D eigenvalue weighted by molar-refractivity contribution is 9.10. The van der Waals surface area contributed by atoms with E-state index in [2.05, 4.69) is 76.7 Å². The zero-order valence-electron chi connectivity index (χ0n) is 12.9. The van der Waals surface area contributed by atoms with Gasteiger partial charge in [0.25, 0.3) is 0 Å². The molecule has 0 spiro atoms. The molecule has 1 fully saturated rings. The summed E-state index contributed by atoms with van der Waals surface area (Å²) in [6.07, 6.45) is 2.02. The molecule has 3 rings (SSSR count). The van der Waals surface area contributed by atoms with E-state index in [1.54, 1.807) is 0 Å². The SMILES string of the molecule is Cc1ccccc1CNC1(c2cccc(Br)c2)CCOCC1. The van der Waals surface area contributed by atoms with Gasteiger partial charge in [0.2, 0.25) is 0 Å². The smallest absolute Gasteiger partial charge is 0.0486 e. The van der Waals surface area contributed by atoms with Crippen LogP contribution in [0.15, 0.2) is 53.0 Å². The van der Waals surface area contributed by atoms with Crippen molar-refractivity contribution in [2.75, 3.05) is 13.2 Å². The summed E-state index contributed by atoms with van der Waals surface area (Å²) in [5.74, 6) is 0. The zero-order chi connectivity index (χ0) is 15.4. The van der Waals surface area contributed by atoms with Crippen molar-refractivity contribution < 1.29 is 4.74 Å². The molecule has 0 aliphatic carbocycles. The van der Waals surface area contributed by atoms with Crippen molar-refractivity contribution in [1.29, 1.82) is 0 Å². The van der Waals surface area contributed by atoms with E-state index in [0.29, 0.717) is 0 Å². The molecule has 2 aromatic rings. The van der Waals surface area contributed by atoms with Gasteiger partial charge in [0, 0.05) is 29.8 Å². The Balaban J connectivity index is 1.85. The van der Waals surface area contributed by atoms with Crippen LogP contribution in [-0.2, 0) is 16.8 Å². The molecule has 0 unspecified atom stereocenters. The van der Waals surface area contributed by atoms with Crippen molar-refractivity contribution in [3.63, 3.8) is 0 Å². The molecule has 0 aromatic heterocycles. The summed E-state index contributed by atoms with van der Waals surface area (Å²) >= 11 is 3.60. The van der Waals surface area contributed by atoms with E-state index in [4.69, 9.17) is 4.74 Å². The first-order valence-corrected chi connectivity index (χ1v) is 8.62. The van der Waals surface area contributed by atoms with Gasteiger partial charge < -0.3 is 10.1 Å². The third kappa shape index (κ3) is 3.43. The third-order valence-electron chi connectivity index (χ3n) is 4.60. The van der Waals surface area contributed by atoms with Gasteiger partial charge in [-0.25, -0.2) is 0 Å². The predicted octanol–water partition coefficient (Wildman–Crippen LogP) is 4.55. The first kappa shape index (κ1) is 15.7. The van der Waals surface area contributed by atoms with Crippen LogP contribution >= 0.6 is 15.9 Å². The van der Waals surface area contributed by atoms with E-state index < -0.39 is 0 Å². The predicted molar refractivity (Wildman–Crippen MR) is 93.9 cm³/mol. The van der Waals surface area contributed by atoms with Gasteiger partial charge in [-0.3, -0.25) is 0 Å². The number of ether oxygens (including phenoxy) is 1. The summed E-state index contributed by atoms with van der Waals surface area (Å²) in [4.78, 5) is 0. The summed E-state index contributed by atoms with van der Waals surface area (Å²) in [5, 5.41) is 3.83. The Labute approximate surface area is 141 Å². The van der Waals surface area contributed by atoms with Crippen LogP contribution in [0.4, 0.5) is 0 Å². The standard InChI is InChI=1S/C19H22BrNO/c1-15-5-2-3-6-16(15)14-21-19(9-11-22-12-10-19)17-7-4-8-18(20)13-17/h2-8,13,21H,9-12,14H2,1H3. The maximum Gasteiger partial charge on any atom is 0.0486 e. The molecule has 1 aliphatic heterocycles. The monoisotopic (exact) mass is 359 g/mol. The molecule has 0 bridgehead atoms. The second-order valence-electron chi connectivity index (χ2n) is 5.98. The number of nitrogens with one attached hydrogen (secondary N) is 1. The van der Waals surface area contributed by atoms with Crippen molar-refractivity contribution in [2.24, 2.45) is 0 Å². The Bertz CT molecular complexity index is 635. The van der Waals surface area contributed by atoms with E-state index in [0.717, 1.165) is 37.1 Å². The van der Waals surface area contributed by atoms with Gasteiger partial charge in [0.05, 0.1) is 0 Å². The summed E-state index contributed by atoms with van der Waals surface area (Å²) in [6.45, 7) is 4.69. The average Bonchev–Trinajstić information content (AvgIpc) is 2.55. The summed E-state index contributed by atoms with van der Waals surface area (Å²) in [6, 6.07) is 17.2. The Morgan fingerprint density at radius 1 is 1.09 bits per heavy atom. The van der Waals surface area contributed by atoms with Crippen LogP contribution in [0.3, 0.4) is 0 Å². The Morgan fingerprint density at radius 2 is 1.86 bits per heavy atom. The van der Waals surface area contributed by atoms with Crippen molar-refractivity contribution in [3.05, 3.63) is 69.7 Å². The molecule has 1 N–H and O–H groups in total. The molecule has 22 heavy (non-hydrogen) atoms. The lowest BCUT2D eigenvalue weighted by molar-refractivity contribution is 0.0357. The van der Waals surface area contributed by atoms with Crippen LogP contribution in [0.1, 0.15) is 29.5 Å². The first-order chi connectivity index (χ1) is 10.7. The number of halogens is 1. The minimum atomic E-state index is 0.00428. The van der Waals surface area contributed by atoms with Gasteiger partial charge in [0.15, 0.2) is 0 Å². The van der Waals surface area contributed by atoms with E-state index in [9.17, 15) is 0 Å². The second kappa shape index (κ2) is 6.95. The van der Waals surface area contributed by atoms with Crippen LogP contribution in [-0.4, -0.2) is 13.2 Å². The topological polar surface area (TPSA) is 21.3 Å². The lowest BCUT2D eigenvalue weighted by atomic mass is 9.82. The molecular weight excluding hydrogens is 338 g/mol. The highest BCUT2D eigenvalue weighted by Crippen LogP contribution is 2.34. The molecule has 0 radical (unpaired) electrons. The van der Waals surface area contributed by atoms with Crippen molar-refractivity contribution in [3.8, 4) is 0 Å². The number of aryl methyl sites for hydroxylation is 1. The summed E-state index contributed by atoms with van der Waals surface area (Å²) in [5.41, 5.74) is 4.05. The molecule has 116 valence electrons. The van der Waals surface area contributed by atoms with Crippen LogP contribution in [0.5, 0.6) is 0 Å². The minimum Gasteiger partial charge on any atom is -0.381 e. The van der Waals surface area contributed by atoms with Crippen LogP contribution in [0.25, 0.3) is 0 Å². The molecule has 0 amide bonds. The molecule has 2 aromatic carbocycles. The molecule has 1 heterocycles. The van der Waals surface area contributed by atoms with Gasteiger partial charge in [-0.15, -0.1) is 0 Å². The number of hydrogen-bond acceptors (Lipinski definition) is 2. The van der Waals surface area contributed by atoms with E-state index in [1.165, 1.54) is 16.7 Å². The second-order valence-corrected chi connectivity index (χ2v) is 6.90. The number of hydrogen-bond donors (Lipinski definition) is 1. The largest absolute Gasteiger partial charge is 0.381 e. The van der Waals surface area contributed by atoms with Gasteiger partial charge in [-0.05, 0) is 48.6 Å². The Morgan fingerprint density at radius 3 is 2.59 bits per heavy atom. The maximum atomic E-state index is 5.60. The highest BCUT2D eigenvalue weighted by atomic mass is 79.9. The number of benzene rings is 2.